The van der Waals surface area contributed by atoms with Gasteiger partial charge in [-0.15, -0.1) is 0 Å². The van der Waals surface area contributed by atoms with Gasteiger partial charge in [-0.05, 0) is 19.3 Å². The van der Waals surface area contributed by atoms with E-state index in [0.29, 0.717) is 6.04 Å². The molecule has 19 heavy (non-hydrogen) atoms. The minimum absolute atomic E-state index is 0.546. The van der Waals surface area contributed by atoms with Crippen molar-refractivity contribution in [2.45, 2.75) is 57.9 Å². The van der Waals surface area contributed by atoms with Crippen molar-refractivity contribution in [2.24, 2.45) is 0 Å². The van der Waals surface area contributed by atoms with Crippen LogP contribution < -0.4 is 5.32 Å². The van der Waals surface area contributed by atoms with Gasteiger partial charge in [-0.25, -0.2) is 15.0 Å². The molecule has 2 aromatic heterocycles. The molecule has 0 spiro atoms. The number of imidazole rings is 1. The van der Waals surface area contributed by atoms with Crippen molar-refractivity contribution in [3.8, 4) is 0 Å². The van der Waals surface area contributed by atoms with Crippen LogP contribution >= 0.6 is 0 Å². The molecule has 0 atom stereocenters. The second kappa shape index (κ2) is 5.55. The fourth-order valence-corrected chi connectivity index (χ4v) is 2.76. The monoisotopic (exact) mass is 259 g/mol. The second-order valence-corrected chi connectivity index (χ2v) is 5.32. The highest BCUT2D eigenvalue weighted by molar-refractivity contribution is 5.82. The highest BCUT2D eigenvalue weighted by Crippen LogP contribution is 2.24. The summed E-state index contributed by atoms with van der Waals surface area (Å²) in [5, 5.41) is 3.59. The van der Waals surface area contributed by atoms with Crippen molar-refractivity contribution in [1.82, 2.24) is 19.9 Å². The molecule has 1 saturated carbocycles. The summed E-state index contributed by atoms with van der Waals surface area (Å²) in [5.41, 5.74) is 1.71. The fraction of sp³-hybridized carbons (Fsp3) is 0.643. The molecule has 0 radical (unpaired) electrons. The average Bonchev–Trinajstić information content (AvgIpc) is 2.89. The number of nitrogens with one attached hydrogen (secondary N) is 2. The predicted molar refractivity (Wildman–Crippen MR) is 76.2 cm³/mol. The lowest BCUT2D eigenvalue weighted by atomic mass is 9.95. The van der Waals surface area contributed by atoms with Crippen molar-refractivity contribution < 1.29 is 0 Å². The zero-order valence-corrected chi connectivity index (χ0v) is 11.4. The first-order chi connectivity index (χ1) is 9.36. The maximum absolute atomic E-state index is 4.66. The van der Waals surface area contributed by atoms with E-state index in [1.54, 1.807) is 6.33 Å². The topological polar surface area (TPSA) is 66.5 Å². The van der Waals surface area contributed by atoms with E-state index in [4.69, 9.17) is 0 Å². The van der Waals surface area contributed by atoms with Gasteiger partial charge >= 0.3 is 0 Å². The molecule has 0 unspecified atom stereocenters. The Morgan fingerprint density at radius 3 is 2.89 bits per heavy atom. The van der Waals surface area contributed by atoms with E-state index in [1.165, 1.54) is 32.1 Å². The van der Waals surface area contributed by atoms with Crippen molar-refractivity contribution in [3.05, 3.63) is 12.2 Å². The lowest BCUT2D eigenvalue weighted by Crippen LogP contribution is -2.23. The largest absolute Gasteiger partial charge is 0.365 e. The van der Waals surface area contributed by atoms with Gasteiger partial charge in [-0.2, -0.15) is 0 Å². The van der Waals surface area contributed by atoms with E-state index < -0.39 is 0 Å². The number of aromatic amines is 1. The summed E-state index contributed by atoms with van der Waals surface area (Å²) in [6.07, 6.45) is 10.1. The summed E-state index contributed by atoms with van der Waals surface area (Å²) in [7, 11) is 0. The Labute approximate surface area is 113 Å². The van der Waals surface area contributed by atoms with Gasteiger partial charge < -0.3 is 10.3 Å². The van der Waals surface area contributed by atoms with Gasteiger partial charge in [0.15, 0.2) is 11.5 Å². The first kappa shape index (κ1) is 12.4. The van der Waals surface area contributed by atoms with Crippen LogP contribution in [-0.2, 0) is 6.42 Å². The molecule has 1 fully saturated rings. The summed E-state index contributed by atoms with van der Waals surface area (Å²) >= 11 is 0. The van der Waals surface area contributed by atoms with Crippen molar-refractivity contribution in [2.75, 3.05) is 5.32 Å². The van der Waals surface area contributed by atoms with Gasteiger partial charge in [0.1, 0.15) is 11.3 Å². The van der Waals surface area contributed by atoms with Crippen LogP contribution in [0, 0.1) is 0 Å². The zero-order chi connectivity index (χ0) is 13.1. The lowest BCUT2D eigenvalue weighted by molar-refractivity contribution is 0.462. The average molecular weight is 259 g/mol. The summed E-state index contributed by atoms with van der Waals surface area (Å²) in [6.45, 7) is 2.15. The number of anilines is 1. The summed E-state index contributed by atoms with van der Waals surface area (Å²) in [6, 6.07) is 0.546. The van der Waals surface area contributed by atoms with Crippen LogP contribution in [0.2, 0.25) is 0 Å². The molecule has 3 rings (SSSR count). The SMILES string of the molecule is CCCc1nc(NC2CCCCC2)c2[nH]cnc2n1. The molecule has 0 bridgehead atoms. The second-order valence-electron chi connectivity index (χ2n) is 5.32. The van der Waals surface area contributed by atoms with Crippen molar-refractivity contribution >= 4 is 17.0 Å². The number of rotatable bonds is 4. The molecule has 0 aromatic carbocycles. The van der Waals surface area contributed by atoms with Crippen LogP contribution in [-0.4, -0.2) is 26.0 Å². The summed E-state index contributed by atoms with van der Waals surface area (Å²) in [4.78, 5) is 16.6. The van der Waals surface area contributed by atoms with Crippen molar-refractivity contribution in [1.29, 1.82) is 0 Å². The van der Waals surface area contributed by atoms with E-state index in [-0.39, 0.29) is 0 Å². The molecule has 1 aliphatic carbocycles. The molecule has 2 N–H and O–H groups in total. The third-order valence-electron chi connectivity index (χ3n) is 3.75. The Bertz CT molecular complexity index is 542. The molecule has 5 heteroatoms. The van der Waals surface area contributed by atoms with Gasteiger partial charge in [-0.3, -0.25) is 0 Å². The zero-order valence-electron chi connectivity index (χ0n) is 11.4. The van der Waals surface area contributed by atoms with Crippen LogP contribution in [0.25, 0.3) is 11.2 Å². The minimum Gasteiger partial charge on any atom is -0.365 e. The molecule has 102 valence electrons. The standard InChI is InChI=1S/C14H21N5/c1-2-6-11-18-13-12(15-9-16-13)14(19-11)17-10-7-4-3-5-8-10/h9-10H,2-8H2,1H3,(H2,15,16,17,18,19). The van der Waals surface area contributed by atoms with Gasteiger partial charge in [0.2, 0.25) is 0 Å². The number of H-pyrrole nitrogens is 1. The lowest BCUT2D eigenvalue weighted by Gasteiger charge is -2.23. The Morgan fingerprint density at radius 1 is 1.26 bits per heavy atom. The molecule has 0 saturated heterocycles. The molecular formula is C14H21N5. The maximum Gasteiger partial charge on any atom is 0.183 e. The van der Waals surface area contributed by atoms with E-state index in [0.717, 1.165) is 35.6 Å². The first-order valence-corrected chi connectivity index (χ1v) is 7.33. The van der Waals surface area contributed by atoms with E-state index >= 15 is 0 Å². The minimum atomic E-state index is 0.546. The molecule has 0 aliphatic heterocycles. The third-order valence-corrected chi connectivity index (χ3v) is 3.75. The summed E-state index contributed by atoms with van der Waals surface area (Å²) < 4.78 is 0. The van der Waals surface area contributed by atoms with Crippen molar-refractivity contribution in [3.63, 3.8) is 0 Å². The Morgan fingerprint density at radius 2 is 2.11 bits per heavy atom. The summed E-state index contributed by atoms with van der Waals surface area (Å²) in [5.74, 6) is 1.82. The highest BCUT2D eigenvalue weighted by atomic mass is 15.1. The van der Waals surface area contributed by atoms with E-state index in [1.807, 2.05) is 0 Å². The van der Waals surface area contributed by atoms with Gasteiger partial charge in [0.05, 0.1) is 6.33 Å². The van der Waals surface area contributed by atoms with Gasteiger partial charge in [0.25, 0.3) is 0 Å². The van der Waals surface area contributed by atoms with Crippen LogP contribution in [0.15, 0.2) is 6.33 Å². The van der Waals surface area contributed by atoms with Crippen LogP contribution in [0.3, 0.4) is 0 Å². The number of hydrogen-bond acceptors (Lipinski definition) is 4. The Hall–Kier alpha value is -1.65. The normalized spacial score (nSPS) is 16.9. The quantitative estimate of drug-likeness (QED) is 0.885. The Kier molecular flexibility index (Phi) is 3.62. The third kappa shape index (κ3) is 2.69. The molecule has 2 aromatic rings. The molecule has 1 aliphatic rings. The number of hydrogen-bond donors (Lipinski definition) is 2. The predicted octanol–water partition coefficient (Wildman–Crippen LogP) is 3.05. The molecule has 2 heterocycles. The van der Waals surface area contributed by atoms with Crippen LogP contribution in [0.5, 0.6) is 0 Å². The van der Waals surface area contributed by atoms with E-state index in [2.05, 4.69) is 32.2 Å². The first-order valence-electron chi connectivity index (χ1n) is 7.33. The smallest absolute Gasteiger partial charge is 0.183 e. The number of aromatic nitrogens is 4. The van der Waals surface area contributed by atoms with Crippen LogP contribution in [0.1, 0.15) is 51.3 Å². The maximum atomic E-state index is 4.66. The number of nitrogens with zero attached hydrogens (tertiary/aromatic N) is 3. The number of fused-ring (bicyclic) bond motifs is 1. The fourth-order valence-electron chi connectivity index (χ4n) is 2.76. The van der Waals surface area contributed by atoms with E-state index in [9.17, 15) is 0 Å². The number of aryl methyl sites for hydroxylation is 1. The van der Waals surface area contributed by atoms with Crippen LogP contribution in [0.4, 0.5) is 5.82 Å². The highest BCUT2D eigenvalue weighted by Gasteiger charge is 2.16. The van der Waals surface area contributed by atoms with Gasteiger partial charge in [-0.1, -0.05) is 26.2 Å². The van der Waals surface area contributed by atoms with Gasteiger partial charge in [0, 0.05) is 12.5 Å². The Balaban J connectivity index is 1.88. The molecule has 0 amide bonds. The molecular weight excluding hydrogens is 238 g/mol. The molecule has 5 nitrogen and oxygen atoms in total.